The molecule has 1 saturated heterocycles. The van der Waals surface area contributed by atoms with Gasteiger partial charge < -0.3 is 16.0 Å². The molecule has 1 aliphatic carbocycles. The Morgan fingerprint density at radius 1 is 1.14 bits per heavy atom. The Labute approximate surface area is 161 Å². The Balaban J connectivity index is 1.71. The molecule has 1 aliphatic heterocycles. The number of alkyl halides is 3. The summed E-state index contributed by atoms with van der Waals surface area (Å²) < 4.78 is 40.6. The zero-order valence-electron chi connectivity index (χ0n) is 15.6. The van der Waals surface area contributed by atoms with Crippen molar-refractivity contribution in [3.8, 4) is 0 Å². The average Bonchev–Trinajstić information content (AvgIpc) is 2.66. The molecule has 0 amide bonds. The number of anilines is 2. The molecule has 0 saturated carbocycles. The second kappa shape index (κ2) is 7.20. The van der Waals surface area contributed by atoms with E-state index in [9.17, 15) is 13.2 Å². The average molecular weight is 392 g/mol. The summed E-state index contributed by atoms with van der Waals surface area (Å²) in [6.45, 7) is 5.46. The number of nitrogens with one attached hydrogen (secondary N) is 1. The molecule has 2 aromatic rings. The van der Waals surface area contributed by atoms with Crippen LogP contribution in [-0.4, -0.2) is 41.1 Å². The van der Waals surface area contributed by atoms with Crippen LogP contribution in [0.4, 0.5) is 24.8 Å². The lowest BCUT2D eigenvalue weighted by Gasteiger charge is -2.35. The van der Waals surface area contributed by atoms with Gasteiger partial charge in [0.25, 0.3) is 0 Å². The van der Waals surface area contributed by atoms with Gasteiger partial charge in [-0.05, 0) is 30.9 Å². The molecule has 2 aliphatic rings. The molecule has 150 valence electrons. The molecule has 0 aromatic carbocycles. The van der Waals surface area contributed by atoms with Crippen molar-refractivity contribution in [2.75, 3.05) is 36.8 Å². The fraction of sp³-hybridized carbons (Fsp3) is 0.526. The van der Waals surface area contributed by atoms with Gasteiger partial charge in [-0.3, -0.25) is 0 Å². The van der Waals surface area contributed by atoms with Gasteiger partial charge in [0, 0.05) is 43.4 Å². The first-order chi connectivity index (χ1) is 13.3. The number of rotatable bonds is 2. The highest BCUT2D eigenvalue weighted by Crippen LogP contribution is 2.43. The summed E-state index contributed by atoms with van der Waals surface area (Å²) >= 11 is 0. The van der Waals surface area contributed by atoms with Crippen LogP contribution >= 0.6 is 0 Å². The lowest BCUT2D eigenvalue weighted by Crippen LogP contribution is -2.44. The molecule has 2 atom stereocenters. The van der Waals surface area contributed by atoms with Gasteiger partial charge in [0.2, 0.25) is 0 Å². The number of aromatic nitrogens is 3. The van der Waals surface area contributed by atoms with E-state index in [0.717, 1.165) is 49.3 Å². The second-order valence-electron chi connectivity index (χ2n) is 7.52. The number of nitrogens with zero attached hydrogens (tertiary/aromatic N) is 4. The van der Waals surface area contributed by atoms with Gasteiger partial charge in [0.1, 0.15) is 18.0 Å². The summed E-state index contributed by atoms with van der Waals surface area (Å²) in [7, 11) is 0. The van der Waals surface area contributed by atoms with E-state index in [2.05, 4.69) is 25.2 Å². The van der Waals surface area contributed by atoms with Crippen LogP contribution in [0.5, 0.6) is 0 Å². The Bertz CT molecular complexity index is 863. The number of piperazine rings is 1. The maximum atomic E-state index is 13.5. The molecule has 28 heavy (non-hydrogen) atoms. The molecule has 3 N–H and O–H groups in total. The summed E-state index contributed by atoms with van der Waals surface area (Å²) in [6, 6.07) is 2.24. The van der Waals surface area contributed by atoms with E-state index in [1.54, 1.807) is 0 Å². The van der Waals surface area contributed by atoms with E-state index in [0.29, 0.717) is 12.8 Å². The van der Waals surface area contributed by atoms with E-state index < -0.39 is 17.7 Å². The van der Waals surface area contributed by atoms with Crippen LogP contribution in [-0.2, 0) is 19.0 Å². The summed E-state index contributed by atoms with van der Waals surface area (Å²) in [5, 5.41) is 3.32. The Kier molecular flexibility index (Phi) is 4.86. The highest BCUT2D eigenvalue weighted by atomic mass is 19.4. The molecule has 6 nitrogen and oxygen atoms in total. The number of hydrogen-bond acceptors (Lipinski definition) is 6. The van der Waals surface area contributed by atoms with Gasteiger partial charge in [0.05, 0.1) is 11.3 Å². The van der Waals surface area contributed by atoms with Crippen molar-refractivity contribution >= 4 is 11.6 Å². The van der Waals surface area contributed by atoms with Crippen LogP contribution in [0.3, 0.4) is 0 Å². The first-order valence-corrected chi connectivity index (χ1v) is 9.46. The molecule has 3 heterocycles. The zero-order chi connectivity index (χ0) is 19.9. The molecular weight excluding hydrogens is 369 g/mol. The molecule has 0 bridgehead atoms. The molecule has 1 fully saturated rings. The van der Waals surface area contributed by atoms with Crippen molar-refractivity contribution in [1.82, 2.24) is 20.3 Å². The highest BCUT2D eigenvalue weighted by molar-refractivity contribution is 5.51. The smallest absolute Gasteiger partial charge is 0.384 e. The van der Waals surface area contributed by atoms with Crippen molar-refractivity contribution in [1.29, 1.82) is 0 Å². The molecular formula is C19H23F3N6. The first-order valence-electron chi connectivity index (χ1n) is 9.46. The van der Waals surface area contributed by atoms with Crippen molar-refractivity contribution in [2.24, 2.45) is 5.92 Å². The normalized spacial score (nSPS) is 22.8. The Morgan fingerprint density at radius 3 is 2.61 bits per heavy atom. The first kappa shape index (κ1) is 18.9. The quantitative estimate of drug-likeness (QED) is 0.817. The minimum atomic E-state index is -4.46. The summed E-state index contributed by atoms with van der Waals surface area (Å²) in [6.07, 6.45) is -1.93. The monoisotopic (exact) mass is 392 g/mol. The third-order valence-electron chi connectivity index (χ3n) is 5.66. The summed E-state index contributed by atoms with van der Waals surface area (Å²) in [5.41, 5.74) is 6.89. The standard InChI is InChI=1S/C19H23F3N6/c1-11-8-13-15(25-10-26-18(13)28-6-4-24-5-7-28)9-12(11)17-14(19(20,21)22)2-3-16(23)27-17/h2-3,10-12,24H,4-9H2,1H3,(H2,23,27). The third kappa shape index (κ3) is 3.50. The highest BCUT2D eigenvalue weighted by Gasteiger charge is 2.40. The summed E-state index contributed by atoms with van der Waals surface area (Å²) in [5.74, 6) is 0.590. The maximum absolute atomic E-state index is 13.5. The van der Waals surface area contributed by atoms with Crippen molar-refractivity contribution < 1.29 is 13.2 Å². The van der Waals surface area contributed by atoms with E-state index in [-0.39, 0.29) is 17.4 Å². The van der Waals surface area contributed by atoms with E-state index in [1.807, 2.05) is 6.92 Å². The number of nitrogen functional groups attached to an aromatic ring is 1. The minimum absolute atomic E-state index is 0.0213. The maximum Gasteiger partial charge on any atom is 0.418 e. The minimum Gasteiger partial charge on any atom is -0.384 e. The van der Waals surface area contributed by atoms with Crippen LogP contribution in [0.15, 0.2) is 18.5 Å². The fourth-order valence-electron chi connectivity index (χ4n) is 4.23. The van der Waals surface area contributed by atoms with Crippen molar-refractivity contribution in [2.45, 2.75) is 31.9 Å². The van der Waals surface area contributed by atoms with E-state index in [4.69, 9.17) is 5.73 Å². The van der Waals surface area contributed by atoms with Gasteiger partial charge in [-0.25, -0.2) is 15.0 Å². The molecule has 4 rings (SSSR count). The van der Waals surface area contributed by atoms with Crippen LogP contribution < -0.4 is 16.0 Å². The topological polar surface area (TPSA) is 80.0 Å². The molecule has 9 heteroatoms. The zero-order valence-corrected chi connectivity index (χ0v) is 15.6. The largest absolute Gasteiger partial charge is 0.418 e. The van der Waals surface area contributed by atoms with Crippen molar-refractivity contribution in [3.63, 3.8) is 0 Å². The van der Waals surface area contributed by atoms with E-state index in [1.165, 1.54) is 12.4 Å². The molecule has 0 radical (unpaired) electrons. The number of nitrogens with two attached hydrogens (primary N) is 1. The van der Waals surface area contributed by atoms with Gasteiger partial charge in [0.15, 0.2) is 0 Å². The van der Waals surface area contributed by atoms with Crippen LogP contribution in [0.1, 0.15) is 35.4 Å². The number of fused-ring (bicyclic) bond motifs is 1. The van der Waals surface area contributed by atoms with Gasteiger partial charge in [-0.15, -0.1) is 0 Å². The lowest BCUT2D eigenvalue weighted by molar-refractivity contribution is -0.138. The molecule has 2 aromatic heterocycles. The summed E-state index contributed by atoms with van der Waals surface area (Å²) in [4.78, 5) is 15.2. The Morgan fingerprint density at radius 2 is 1.89 bits per heavy atom. The predicted molar refractivity (Wildman–Crippen MR) is 100 cm³/mol. The van der Waals surface area contributed by atoms with Crippen LogP contribution in [0, 0.1) is 5.92 Å². The van der Waals surface area contributed by atoms with Crippen LogP contribution in [0.2, 0.25) is 0 Å². The van der Waals surface area contributed by atoms with Gasteiger partial charge in [-0.2, -0.15) is 13.2 Å². The van der Waals surface area contributed by atoms with Crippen molar-refractivity contribution in [3.05, 3.63) is 41.0 Å². The third-order valence-corrected chi connectivity index (χ3v) is 5.66. The number of pyridine rings is 1. The molecule has 0 spiro atoms. The number of hydrogen-bond donors (Lipinski definition) is 2. The molecule has 2 unspecified atom stereocenters. The SMILES string of the molecule is CC1Cc2c(ncnc2N2CCNCC2)CC1c1nc(N)ccc1C(F)(F)F. The Hall–Kier alpha value is -2.42. The van der Waals surface area contributed by atoms with E-state index >= 15 is 0 Å². The number of halogens is 3. The fourth-order valence-corrected chi connectivity index (χ4v) is 4.23. The van der Waals surface area contributed by atoms with Gasteiger partial charge in [-0.1, -0.05) is 6.92 Å². The van der Waals surface area contributed by atoms with Crippen LogP contribution in [0.25, 0.3) is 0 Å². The lowest BCUT2D eigenvalue weighted by atomic mass is 9.76. The second-order valence-corrected chi connectivity index (χ2v) is 7.52. The predicted octanol–water partition coefficient (Wildman–Crippen LogP) is 2.40. The van der Waals surface area contributed by atoms with Gasteiger partial charge >= 0.3 is 6.18 Å².